The molecule has 2 aromatic heterocycles. The van der Waals surface area contributed by atoms with Crippen LogP contribution in [0.4, 0.5) is 0 Å². The van der Waals surface area contributed by atoms with Gasteiger partial charge in [-0.1, -0.05) is 24.3 Å². The zero-order valence-corrected chi connectivity index (χ0v) is 19.7. The summed E-state index contributed by atoms with van der Waals surface area (Å²) in [7, 11) is 0. The van der Waals surface area contributed by atoms with Crippen LogP contribution in [0.5, 0.6) is 0 Å². The van der Waals surface area contributed by atoms with Crippen LogP contribution in [0.3, 0.4) is 0 Å². The number of thiazole rings is 2. The summed E-state index contributed by atoms with van der Waals surface area (Å²) in [5, 5.41) is 4.39. The molecule has 7 heteroatoms. The number of hydrogen-bond acceptors (Lipinski definition) is 6. The lowest BCUT2D eigenvalue weighted by Crippen LogP contribution is -2.38. The molecule has 1 aliphatic rings. The number of carbonyl (C=O) groups excluding carboxylic acids is 1. The van der Waals surface area contributed by atoms with Gasteiger partial charge in [-0.3, -0.25) is 4.79 Å². The maximum atomic E-state index is 13.3. The highest BCUT2D eigenvalue weighted by Crippen LogP contribution is 2.35. The maximum Gasteiger partial charge on any atom is 0.254 e. The molecule has 0 radical (unpaired) electrons. The first-order valence-corrected chi connectivity index (χ1v) is 13.1. The Bertz CT molecular complexity index is 1170. The molecule has 158 valence electrons. The van der Waals surface area contributed by atoms with Crippen molar-refractivity contribution in [1.82, 2.24) is 14.9 Å². The highest BCUT2D eigenvalue weighted by Gasteiger charge is 2.27. The van der Waals surface area contributed by atoms with E-state index in [0.717, 1.165) is 58.4 Å². The zero-order chi connectivity index (χ0) is 21.2. The molecule has 0 spiro atoms. The highest BCUT2D eigenvalue weighted by atomic mass is 32.2. The molecule has 0 atom stereocenters. The van der Waals surface area contributed by atoms with Crippen molar-refractivity contribution in [2.24, 2.45) is 0 Å². The van der Waals surface area contributed by atoms with E-state index in [1.54, 1.807) is 34.4 Å². The Kier molecular flexibility index (Phi) is 6.07. The van der Waals surface area contributed by atoms with Crippen LogP contribution in [0.1, 0.15) is 44.8 Å². The Morgan fingerprint density at radius 2 is 1.87 bits per heavy atom. The third-order valence-electron chi connectivity index (χ3n) is 5.60. The summed E-state index contributed by atoms with van der Waals surface area (Å²) in [6.45, 7) is 3.58. The van der Waals surface area contributed by atoms with Gasteiger partial charge in [0.2, 0.25) is 0 Å². The minimum atomic E-state index is 0.139. The fraction of sp³-hybridized carbons (Fsp3) is 0.292. The number of aryl methyl sites for hydroxylation is 1. The van der Waals surface area contributed by atoms with Crippen molar-refractivity contribution in [3.8, 4) is 0 Å². The molecule has 4 nitrogen and oxygen atoms in total. The van der Waals surface area contributed by atoms with Gasteiger partial charge < -0.3 is 4.90 Å². The third kappa shape index (κ3) is 4.54. The number of benzene rings is 2. The van der Waals surface area contributed by atoms with Crippen molar-refractivity contribution in [3.05, 3.63) is 75.2 Å². The van der Waals surface area contributed by atoms with Gasteiger partial charge in [0, 0.05) is 35.0 Å². The molecule has 0 saturated carbocycles. The largest absolute Gasteiger partial charge is 0.339 e. The third-order valence-corrected chi connectivity index (χ3v) is 8.73. The quantitative estimate of drug-likeness (QED) is 0.321. The number of rotatable bonds is 5. The molecular weight excluding hydrogens is 442 g/mol. The predicted octanol–water partition coefficient (Wildman–Crippen LogP) is 6.37. The fourth-order valence-electron chi connectivity index (χ4n) is 3.96. The first-order valence-electron chi connectivity index (χ1n) is 10.4. The van der Waals surface area contributed by atoms with E-state index < -0.39 is 0 Å². The minimum absolute atomic E-state index is 0.139. The van der Waals surface area contributed by atoms with Gasteiger partial charge in [-0.25, -0.2) is 9.97 Å². The Morgan fingerprint density at radius 1 is 1.10 bits per heavy atom. The van der Waals surface area contributed by atoms with Gasteiger partial charge in [0.15, 0.2) is 0 Å². The summed E-state index contributed by atoms with van der Waals surface area (Å²) in [4.78, 5) is 25.7. The Morgan fingerprint density at radius 3 is 2.65 bits per heavy atom. The van der Waals surface area contributed by atoms with Gasteiger partial charge in [0.1, 0.15) is 0 Å². The molecule has 0 aliphatic carbocycles. The van der Waals surface area contributed by atoms with E-state index >= 15 is 0 Å². The van der Waals surface area contributed by atoms with E-state index in [0.29, 0.717) is 5.92 Å². The molecule has 0 unspecified atom stereocenters. The van der Waals surface area contributed by atoms with Crippen molar-refractivity contribution in [2.45, 2.75) is 36.3 Å². The smallest absolute Gasteiger partial charge is 0.254 e. The average Bonchev–Trinajstić information content (AvgIpc) is 3.43. The Hall–Kier alpha value is -2.22. The summed E-state index contributed by atoms with van der Waals surface area (Å²) >= 11 is 5.16. The Labute approximate surface area is 194 Å². The SMILES string of the molecule is Cc1nc(CSc2ccccc2C(=O)N2CCC(c3nc4ccccc4s3)CC2)cs1. The molecule has 0 bridgehead atoms. The van der Waals surface area contributed by atoms with Gasteiger partial charge >= 0.3 is 0 Å². The fourth-order valence-corrected chi connectivity index (χ4v) is 6.75. The van der Waals surface area contributed by atoms with Crippen molar-refractivity contribution >= 4 is 50.6 Å². The van der Waals surface area contributed by atoms with Gasteiger partial charge in [-0.2, -0.15) is 0 Å². The summed E-state index contributed by atoms with van der Waals surface area (Å²) < 4.78 is 1.25. The second-order valence-corrected chi connectivity index (χ2v) is 10.9. The second kappa shape index (κ2) is 9.10. The van der Waals surface area contributed by atoms with E-state index in [1.165, 1.54) is 9.71 Å². The van der Waals surface area contributed by atoms with Crippen LogP contribution in [-0.2, 0) is 5.75 Å². The summed E-state index contributed by atoms with van der Waals surface area (Å²) in [5.74, 6) is 1.37. The number of hydrogen-bond donors (Lipinski definition) is 0. The van der Waals surface area contributed by atoms with Crippen LogP contribution < -0.4 is 0 Å². The number of piperidine rings is 1. The first-order chi connectivity index (χ1) is 15.2. The van der Waals surface area contributed by atoms with Crippen LogP contribution in [0.2, 0.25) is 0 Å². The standard InChI is InChI=1S/C24H23N3OS3/c1-16-25-18(14-29-16)15-30-21-8-4-2-6-19(21)24(28)27-12-10-17(11-13-27)23-26-20-7-3-5-9-22(20)31-23/h2-9,14,17H,10-13,15H2,1H3. The van der Waals surface area contributed by atoms with Gasteiger partial charge in [0.05, 0.1) is 31.5 Å². The van der Waals surface area contributed by atoms with E-state index in [4.69, 9.17) is 4.98 Å². The molecule has 3 heterocycles. The molecule has 1 amide bonds. The van der Waals surface area contributed by atoms with Crippen LogP contribution in [0.25, 0.3) is 10.2 Å². The number of fused-ring (bicyclic) bond motifs is 1. The predicted molar refractivity (Wildman–Crippen MR) is 130 cm³/mol. The molecular formula is C24H23N3OS3. The van der Waals surface area contributed by atoms with Crippen LogP contribution in [-0.4, -0.2) is 33.9 Å². The van der Waals surface area contributed by atoms with E-state index in [2.05, 4.69) is 28.6 Å². The molecule has 1 fully saturated rings. The van der Waals surface area contributed by atoms with E-state index in [-0.39, 0.29) is 5.91 Å². The van der Waals surface area contributed by atoms with Crippen LogP contribution in [0.15, 0.2) is 58.8 Å². The molecule has 1 saturated heterocycles. The minimum Gasteiger partial charge on any atom is -0.339 e. The summed E-state index contributed by atoms with van der Waals surface area (Å²) in [5.41, 5.74) is 2.96. The molecule has 0 N–H and O–H groups in total. The number of aromatic nitrogens is 2. The lowest BCUT2D eigenvalue weighted by molar-refractivity contribution is 0.0709. The molecule has 31 heavy (non-hydrogen) atoms. The van der Waals surface area contributed by atoms with Crippen LogP contribution >= 0.6 is 34.4 Å². The van der Waals surface area contributed by atoms with Gasteiger partial charge in [0.25, 0.3) is 5.91 Å². The topological polar surface area (TPSA) is 46.1 Å². The first kappa shape index (κ1) is 20.7. The lowest BCUT2D eigenvalue weighted by Gasteiger charge is -2.31. The van der Waals surface area contributed by atoms with Crippen molar-refractivity contribution in [3.63, 3.8) is 0 Å². The van der Waals surface area contributed by atoms with E-state index in [1.807, 2.05) is 42.2 Å². The normalized spacial score (nSPS) is 14.9. The molecule has 4 aromatic rings. The number of nitrogens with zero attached hydrogens (tertiary/aromatic N) is 3. The number of para-hydroxylation sites is 1. The monoisotopic (exact) mass is 465 g/mol. The average molecular weight is 466 g/mol. The van der Waals surface area contributed by atoms with Gasteiger partial charge in [-0.05, 0) is 44.0 Å². The maximum absolute atomic E-state index is 13.3. The lowest BCUT2D eigenvalue weighted by atomic mass is 9.97. The Balaban J connectivity index is 1.25. The molecule has 2 aromatic carbocycles. The highest BCUT2D eigenvalue weighted by molar-refractivity contribution is 7.98. The number of thioether (sulfide) groups is 1. The van der Waals surface area contributed by atoms with Crippen molar-refractivity contribution < 1.29 is 4.79 Å². The number of likely N-dealkylation sites (tertiary alicyclic amines) is 1. The summed E-state index contributed by atoms with van der Waals surface area (Å²) in [6.07, 6.45) is 1.94. The number of carbonyl (C=O) groups is 1. The van der Waals surface area contributed by atoms with Crippen LogP contribution in [0, 0.1) is 6.92 Å². The molecule has 5 rings (SSSR count). The molecule has 1 aliphatic heterocycles. The van der Waals surface area contributed by atoms with Gasteiger partial charge in [-0.15, -0.1) is 34.4 Å². The zero-order valence-electron chi connectivity index (χ0n) is 17.3. The van der Waals surface area contributed by atoms with Crippen molar-refractivity contribution in [2.75, 3.05) is 13.1 Å². The number of amides is 1. The second-order valence-electron chi connectivity index (χ2n) is 7.73. The van der Waals surface area contributed by atoms with E-state index in [9.17, 15) is 4.79 Å². The van der Waals surface area contributed by atoms with Crippen molar-refractivity contribution in [1.29, 1.82) is 0 Å². The summed E-state index contributed by atoms with van der Waals surface area (Å²) in [6, 6.07) is 16.3.